The first kappa shape index (κ1) is 9.41. The molecule has 12 heavy (non-hydrogen) atoms. The van der Waals surface area contributed by atoms with Crippen molar-refractivity contribution in [1.29, 1.82) is 0 Å². The largest absolute Gasteiger partial charge is 0.392 e. The lowest BCUT2D eigenvalue weighted by Crippen LogP contribution is -2.26. The summed E-state index contributed by atoms with van der Waals surface area (Å²) >= 11 is 7.80. The summed E-state index contributed by atoms with van der Waals surface area (Å²) in [5.41, 5.74) is 5.18. The molecule has 0 saturated heterocycles. The summed E-state index contributed by atoms with van der Waals surface area (Å²) in [7, 11) is 0. The van der Waals surface area contributed by atoms with Gasteiger partial charge in [-0.2, -0.15) is 0 Å². The monoisotopic (exact) mass is 246 g/mol. The summed E-state index contributed by atoms with van der Waals surface area (Å²) < 4.78 is 1.97. The molecule has 0 aliphatic carbocycles. The van der Waals surface area contributed by atoms with Gasteiger partial charge in [-0.1, -0.05) is 12.2 Å². The van der Waals surface area contributed by atoms with Crippen molar-refractivity contribution < 1.29 is 0 Å². The zero-order chi connectivity index (χ0) is 9.14. The van der Waals surface area contributed by atoms with Gasteiger partial charge in [-0.15, -0.1) is 0 Å². The van der Waals surface area contributed by atoms with Crippen molar-refractivity contribution in [2.24, 2.45) is 5.73 Å². The van der Waals surface area contributed by atoms with Crippen LogP contribution in [0.5, 0.6) is 0 Å². The Morgan fingerprint density at radius 2 is 2.42 bits per heavy atom. The fourth-order valence-electron chi connectivity index (χ4n) is 0.800. The van der Waals surface area contributed by atoms with Gasteiger partial charge in [0.25, 0.3) is 5.56 Å². The molecular formula is C7H7BrN2OS. The highest BCUT2D eigenvalue weighted by molar-refractivity contribution is 9.10. The van der Waals surface area contributed by atoms with E-state index in [1.807, 2.05) is 0 Å². The van der Waals surface area contributed by atoms with E-state index < -0.39 is 0 Å². The lowest BCUT2D eigenvalue weighted by molar-refractivity contribution is 0.803. The third-order valence-corrected chi connectivity index (χ3v) is 2.03. The second kappa shape index (κ2) is 3.82. The summed E-state index contributed by atoms with van der Waals surface area (Å²) in [5.74, 6) is 0. The van der Waals surface area contributed by atoms with Crippen molar-refractivity contribution in [2.75, 3.05) is 0 Å². The number of nitrogens with zero attached hydrogens (tertiary/aromatic N) is 1. The van der Waals surface area contributed by atoms with Crippen LogP contribution in [0.2, 0.25) is 0 Å². The molecule has 0 aromatic carbocycles. The number of nitrogens with two attached hydrogens (primary N) is 1. The van der Waals surface area contributed by atoms with Gasteiger partial charge in [0.1, 0.15) is 0 Å². The van der Waals surface area contributed by atoms with E-state index in [2.05, 4.69) is 28.1 Å². The second-order valence-electron chi connectivity index (χ2n) is 2.26. The van der Waals surface area contributed by atoms with Gasteiger partial charge in [0.15, 0.2) is 0 Å². The van der Waals surface area contributed by atoms with Crippen molar-refractivity contribution in [3.8, 4) is 0 Å². The predicted octanol–water partition coefficient (Wildman–Crippen LogP) is 0.897. The number of hydrogen-bond acceptors (Lipinski definition) is 2. The lowest BCUT2D eigenvalue weighted by atomic mass is 10.4. The minimum absolute atomic E-state index is 0.120. The first-order chi connectivity index (χ1) is 5.61. The molecule has 64 valence electrons. The molecule has 3 nitrogen and oxygen atoms in total. The van der Waals surface area contributed by atoms with Crippen LogP contribution in [0, 0.1) is 0 Å². The fraction of sp³-hybridized carbons (Fsp3) is 0.143. The van der Waals surface area contributed by atoms with Crippen LogP contribution in [-0.4, -0.2) is 9.56 Å². The van der Waals surface area contributed by atoms with Crippen LogP contribution >= 0.6 is 28.1 Å². The van der Waals surface area contributed by atoms with Crippen LogP contribution < -0.4 is 11.3 Å². The van der Waals surface area contributed by atoms with Crippen LogP contribution in [0.3, 0.4) is 0 Å². The number of pyridine rings is 1. The van der Waals surface area contributed by atoms with Gasteiger partial charge in [0.05, 0.1) is 16.0 Å². The van der Waals surface area contributed by atoms with E-state index in [4.69, 9.17) is 5.73 Å². The molecule has 1 rings (SSSR count). The van der Waals surface area contributed by atoms with Gasteiger partial charge < -0.3 is 10.3 Å². The summed E-state index contributed by atoms with van der Waals surface area (Å²) in [5, 5.41) is 0. The Balaban J connectivity index is 3.09. The van der Waals surface area contributed by atoms with E-state index in [0.717, 1.165) is 0 Å². The standard InChI is InChI=1S/C7H7BrN2OS/c8-5-2-1-3-10(7(5)11)4-6(9)12/h1-3H,4H2,(H2,9,12). The minimum atomic E-state index is -0.120. The van der Waals surface area contributed by atoms with Crippen LogP contribution in [0.25, 0.3) is 0 Å². The van der Waals surface area contributed by atoms with Gasteiger partial charge >= 0.3 is 0 Å². The first-order valence-electron chi connectivity index (χ1n) is 3.24. The van der Waals surface area contributed by atoms with E-state index in [0.29, 0.717) is 9.46 Å². The molecule has 5 heteroatoms. The van der Waals surface area contributed by atoms with Gasteiger partial charge in [0, 0.05) is 6.20 Å². The molecular weight excluding hydrogens is 240 g/mol. The SMILES string of the molecule is NC(=S)Cn1cccc(Br)c1=O. The zero-order valence-electron chi connectivity index (χ0n) is 6.16. The average Bonchev–Trinajstić information content (AvgIpc) is 1.98. The third kappa shape index (κ3) is 2.15. The van der Waals surface area contributed by atoms with Crippen molar-refractivity contribution in [2.45, 2.75) is 6.54 Å². The van der Waals surface area contributed by atoms with Crippen molar-refractivity contribution in [1.82, 2.24) is 4.57 Å². The quantitative estimate of drug-likeness (QED) is 0.790. The van der Waals surface area contributed by atoms with E-state index >= 15 is 0 Å². The average molecular weight is 247 g/mol. The summed E-state index contributed by atoms with van der Waals surface area (Å²) in [6.07, 6.45) is 1.65. The summed E-state index contributed by atoms with van der Waals surface area (Å²) in [4.78, 5) is 11.6. The molecule has 0 spiro atoms. The Kier molecular flexibility index (Phi) is 2.99. The molecule has 0 saturated carbocycles. The van der Waals surface area contributed by atoms with Gasteiger partial charge in [-0.3, -0.25) is 4.79 Å². The molecule has 1 heterocycles. The molecule has 0 aliphatic rings. The van der Waals surface area contributed by atoms with Crippen LogP contribution in [0.4, 0.5) is 0 Å². The number of halogens is 1. The number of rotatable bonds is 2. The Labute approximate surface area is 83.3 Å². The molecule has 0 unspecified atom stereocenters. The maximum atomic E-state index is 11.3. The summed E-state index contributed by atoms with van der Waals surface area (Å²) in [6.45, 7) is 0.285. The smallest absolute Gasteiger partial charge is 0.265 e. The van der Waals surface area contributed by atoms with Crippen molar-refractivity contribution in [3.63, 3.8) is 0 Å². The van der Waals surface area contributed by atoms with Crippen LogP contribution in [-0.2, 0) is 6.54 Å². The Morgan fingerprint density at radius 3 is 3.00 bits per heavy atom. The number of thiocarbonyl (C=S) groups is 1. The molecule has 0 bridgehead atoms. The summed E-state index contributed by atoms with van der Waals surface area (Å²) in [6, 6.07) is 3.43. The third-order valence-electron chi connectivity index (χ3n) is 1.30. The highest BCUT2D eigenvalue weighted by Crippen LogP contribution is 2.00. The molecule has 0 amide bonds. The normalized spacial score (nSPS) is 9.75. The highest BCUT2D eigenvalue weighted by atomic mass is 79.9. The Bertz CT molecular complexity index is 361. The Hall–Kier alpha value is -0.680. The molecule has 0 atom stereocenters. The number of hydrogen-bond donors (Lipinski definition) is 1. The molecule has 1 aromatic rings. The Morgan fingerprint density at radius 1 is 1.75 bits per heavy atom. The van der Waals surface area contributed by atoms with E-state index in [1.165, 1.54) is 4.57 Å². The van der Waals surface area contributed by atoms with Gasteiger partial charge in [0.2, 0.25) is 0 Å². The van der Waals surface area contributed by atoms with Gasteiger partial charge in [-0.25, -0.2) is 0 Å². The van der Waals surface area contributed by atoms with E-state index in [9.17, 15) is 4.79 Å². The molecule has 0 fully saturated rings. The van der Waals surface area contributed by atoms with Crippen molar-refractivity contribution >= 4 is 33.1 Å². The predicted molar refractivity (Wildman–Crippen MR) is 55.2 cm³/mol. The molecule has 0 radical (unpaired) electrons. The van der Waals surface area contributed by atoms with Crippen LogP contribution in [0.15, 0.2) is 27.6 Å². The topological polar surface area (TPSA) is 48.0 Å². The molecule has 2 N–H and O–H groups in total. The highest BCUT2D eigenvalue weighted by Gasteiger charge is 1.99. The van der Waals surface area contributed by atoms with Crippen molar-refractivity contribution in [3.05, 3.63) is 33.2 Å². The number of aromatic nitrogens is 1. The van der Waals surface area contributed by atoms with Gasteiger partial charge in [-0.05, 0) is 28.1 Å². The maximum Gasteiger partial charge on any atom is 0.265 e. The first-order valence-corrected chi connectivity index (χ1v) is 4.44. The van der Waals surface area contributed by atoms with Crippen LogP contribution in [0.1, 0.15) is 0 Å². The lowest BCUT2D eigenvalue weighted by Gasteiger charge is -2.02. The molecule has 0 aliphatic heterocycles. The maximum absolute atomic E-state index is 11.3. The zero-order valence-corrected chi connectivity index (χ0v) is 8.56. The van der Waals surface area contributed by atoms with E-state index in [1.54, 1.807) is 18.3 Å². The van der Waals surface area contributed by atoms with E-state index in [-0.39, 0.29) is 12.1 Å². The fourth-order valence-corrected chi connectivity index (χ4v) is 1.32. The molecule has 1 aromatic heterocycles. The minimum Gasteiger partial charge on any atom is -0.392 e. The second-order valence-corrected chi connectivity index (χ2v) is 3.63.